The molecule has 32 heavy (non-hydrogen) atoms. The van der Waals surface area contributed by atoms with Gasteiger partial charge in [-0.1, -0.05) is 12.1 Å². The van der Waals surface area contributed by atoms with Crippen LogP contribution in [0.15, 0.2) is 59.9 Å². The van der Waals surface area contributed by atoms with Crippen LogP contribution in [0.5, 0.6) is 5.88 Å². The van der Waals surface area contributed by atoms with Crippen LogP contribution in [-0.4, -0.2) is 43.4 Å². The number of hydrogen-bond acceptors (Lipinski definition) is 6. The molecule has 1 amide bonds. The number of rotatable bonds is 8. The molecule has 164 valence electrons. The number of fused-ring (bicyclic) bond motifs is 1. The van der Waals surface area contributed by atoms with E-state index < -0.39 is 0 Å². The number of carbonyl (C=O) groups is 1. The summed E-state index contributed by atoms with van der Waals surface area (Å²) in [6.07, 6.45) is 4.42. The number of pyridine rings is 1. The van der Waals surface area contributed by atoms with Crippen LogP contribution in [0.4, 0.5) is 4.39 Å². The van der Waals surface area contributed by atoms with Gasteiger partial charge >= 0.3 is 0 Å². The first-order valence-corrected chi connectivity index (χ1v) is 10.1. The summed E-state index contributed by atoms with van der Waals surface area (Å²) in [5, 5.41) is 7.37. The molecule has 0 aliphatic heterocycles. The van der Waals surface area contributed by atoms with Crippen molar-refractivity contribution in [3.63, 3.8) is 0 Å². The van der Waals surface area contributed by atoms with Gasteiger partial charge in [-0.15, -0.1) is 0 Å². The van der Waals surface area contributed by atoms with E-state index in [4.69, 9.17) is 4.74 Å². The molecule has 10 heteroatoms. The molecule has 0 bridgehead atoms. The first-order chi connectivity index (χ1) is 15.6. The van der Waals surface area contributed by atoms with E-state index in [0.29, 0.717) is 35.3 Å². The molecule has 4 rings (SSSR count). The molecule has 3 heterocycles. The summed E-state index contributed by atoms with van der Waals surface area (Å²) in [5.41, 5.74) is 1.14. The molecule has 0 spiro atoms. The van der Waals surface area contributed by atoms with Crippen LogP contribution in [0.1, 0.15) is 22.8 Å². The normalized spacial score (nSPS) is 10.9. The van der Waals surface area contributed by atoms with Gasteiger partial charge in [0.2, 0.25) is 5.88 Å². The van der Waals surface area contributed by atoms with Crippen LogP contribution in [0.3, 0.4) is 0 Å². The van der Waals surface area contributed by atoms with E-state index in [9.17, 15) is 14.0 Å². The van der Waals surface area contributed by atoms with E-state index >= 15 is 0 Å². The monoisotopic (exact) mass is 436 g/mol. The van der Waals surface area contributed by atoms with Gasteiger partial charge in [-0.2, -0.15) is 5.10 Å². The van der Waals surface area contributed by atoms with Crippen molar-refractivity contribution in [2.24, 2.45) is 0 Å². The Labute approximate surface area is 182 Å². The number of amides is 1. The minimum atomic E-state index is -0.362. The highest BCUT2D eigenvalue weighted by Crippen LogP contribution is 2.14. The lowest BCUT2D eigenvalue weighted by atomic mass is 10.2. The van der Waals surface area contributed by atoms with Crippen LogP contribution >= 0.6 is 0 Å². The Bertz CT molecular complexity index is 1320. The van der Waals surface area contributed by atoms with Crippen LogP contribution in [0.2, 0.25) is 0 Å². The van der Waals surface area contributed by atoms with Crippen molar-refractivity contribution in [1.29, 1.82) is 0 Å². The van der Waals surface area contributed by atoms with Gasteiger partial charge in [0.05, 0.1) is 25.9 Å². The molecule has 0 radical (unpaired) electrons. The lowest BCUT2D eigenvalue weighted by Crippen LogP contribution is -2.28. The van der Waals surface area contributed by atoms with Crippen molar-refractivity contribution in [3.8, 4) is 5.88 Å². The number of carbonyl (C=O) groups excluding carboxylic acids is 1. The van der Waals surface area contributed by atoms with Gasteiger partial charge in [-0.05, 0) is 36.8 Å². The number of nitrogens with one attached hydrogen (secondary N) is 1. The van der Waals surface area contributed by atoms with Gasteiger partial charge in [0.15, 0.2) is 5.65 Å². The number of ether oxygens (including phenoxy) is 1. The molecule has 0 aliphatic rings. The van der Waals surface area contributed by atoms with E-state index in [0.717, 1.165) is 0 Å². The number of benzene rings is 1. The van der Waals surface area contributed by atoms with Crippen LogP contribution < -0.4 is 15.6 Å². The topological polar surface area (TPSA) is 104 Å². The Kier molecular flexibility index (Phi) is 6.20. The zero-order chi connectivity index (χ0) is 22.5. The van der Waals surface area contributed by atoms with Crippen molar-refractivity contribution in [2.45, 2.75) is 20.0 Å². The molecule has 0 saturated heterocycles. The quantitative estimate of drug-likeness (QED) is 0.453. The minimum absolute atomic E-state index is 0.202. The summed E-state index contributed by atoms with van der Waals surface area (Å²) in [4.78, 5) is 33.7. The second kappa shape index (κ2) is 9.38. The molecule has 0 atom stereocenters. The van der Waals surface area contributed by atoms with E-state index in [-0.39, 0.29) is 36.3 Å². The third-order valence-electron chi connectivity index (χ3n) is 4.77. The zero-order valence-electron chi connectivity index (χ0n) is 17.4. The summed E-state index contributed by atoms with van der Waals surface area (Å²) < 4.78 is 21.8. The second-order valence-electron chi connectivity index (χ2n) is 6.96. The highest BCUT2D eigenvalue weighted by atomic mass is 19.1. The van der Waals surface area contributed by atoms with Crippen molar-refractivity contribution in [2.75, 3.05) is 13.2 Å². The van der Waals surface area contributed by atoms with E-state index in [1.54, 1.807) is 35.1 Å². The van der Waals surface area contributed by atoms with E-state index in [1.807, 2.05) is 6.92 Å². The number of nitrogens with zero attached hydrogens (tertiary/aromatic N) is 5. The number of hydrogen-bond donors (Lipinski definition) is 1. The summed E-state index contributed by atoms with van der Waals surface area (Å²) in [6.45, 7) is 3.01. The number of aromatic nitrogens is 5. The smallest absolute Gasteiger partial charge is 0.264 e. The number of halogens is 1. The van der Waals surface area contributed by atoms with Crippen LogP contribution in [0.25, 0.3) is 11.0 Å². The maximum absolute atomic E-state index is 13.4. The molecular formula is C22H21FN6O3. The van der Waals surface area contributed by atoms with Crippen LogP contribution in [-0.2, 0) is 13.1 Å². The van der Waals surface area contributed by atoms with Crippen molar-refractivity contribution < 1.29 is 13.9 Å². The molecule has 9 nitrogen and oxygen atoms in total. The Balaban J connectivity index is 1.45. The highest BCUT2D eigenvalue weighted by Gasteiger charge is 2.14. The average molecular weight is 436 g/mol. The third kappa shape index (κ3) is 4.48. The van der Waals surface area contributed by atoms with Crippen molar-refractivity contribution in [3.05, 3.63) is 82.4 Å². The summed E-state index contributed by atoms with van der Waals surface area (Å²) in [7, 11) is 0. The molecule has 4 aromatic rings. The maximum Gasteiger partial charge on any atom is 0.264 e. The predicted octanol–water partition coefficient (Wildman–Crippen LogP) is 2.00. The van der Waals surface area contributed by atoms with Gasteiger partial charge in [0.25, 0.3) is 11.5 Å². The highest BCUT2D eigenvalue weighted by molar-refractivity contribution is 5.96. The summed E-state index contributed by atoms with van der Waals surface area (Å²) in [5.74, 6) is -0.403. The molecule has 1 N–H and O–H groups in total. The summed E-state index contributed by atoms with van der Waals surface area (Å²) in [6, 6.07) is 9.36. The van der Waals surface area contributed by atoms with Crippen molar-refractivity contribution >= 4 is 16.9 Å². The average Bonchev–Trinajstić information content (AvgIpc) is 3.20. The largest absolute Gasteiger partial charge is 0.477 e. The second-order valence-corrected chi connectivity index (χ2v) is 6.96. The van der Waals surface area contributed by atoms with Crippen LogP contribution in [0, 0.1) is 5.82 Å². The minimum Gasteiger partial charge on any atom is -0.477 e. The van der Waals surface area contributed by atoms with E-state index in [1.165, 1.54) is 29.2 Å². The maximum atomic E-state index is 13.4. The predicted molar refractivity (Wildman–Crippen MR) is 115 cm³/mol. The standard InChI is InChI=1S/C22H21FN6O3/c1-2-32-21-17(7-4-8-25-21)20(30)24-9-10-29-19-18(12-27-29)22(31)28(14-26-19)13-15-5-3-6-16(23)11-15/h3-8,11-12,14H,2,9-10,13H2,1H3,(H,24,30). The molecule has 0 fully saturated rings. The molecule has 1 aromatic carbocycles. The van der Waals surface area contributed by atoms with Gasteiger partial charge in [0, 0.05) is 12.7 Å². The molecule has 0 aliphatic carbocycles. The Morgan fingerprint density at radius 2 is 2.09 bits per heavy atom. The fraction of sp³-hybridized carbons (Fsp3) is 0.227. The molecule has 0 saturated carbocycles. The lowest BCUT2D eigenvalue weighted by Gasteiger charge is -2.10. The Morgan fingerprint density at radius 1 is 1.22 bits per heavy atom. The van der Waals surface area contributed by atoms with Gasteiger partial charge in [0.1, 0.15) is 23.1 Å². The Morgan fingerprint density at radius 3 is 2.91 bits per heavy atom. The fourth-order valence-corrected chi connectivity index (χ4v) is 3.29. The molecular weight excluding hydrogens is 415 g/mol. The van der Waals surface area contributed by atoms with Gasteiger partial charge < -0.3 is 10.1 Å². The fourth-order valence-electron chi connectivity index (χ4n) is 3.29. The SMILES string of the molecule is CCOc1ncccc1C(=O)NCCn1ncc2c(=O)n(Cc3cccc(F)c3)cnc21. The van der Waals surface area contributed by atoms with Gasteiger partial charge in [-0.25, -0.2) is 19.0 Å². The first-order valence-electron chi connectivity index (χ1n) is 10.1. The third-order valence-corrected chi connectivity index (χ3v) is 4.77. The lowest BCUT2D eigenvalue weighted by molar-refractivity contribution is 0.0947. The summed E-state index contributed by atoms with van der Waals surface area (Å²) >= 11 is 0. The first kappa shape index (κ1) is 21.2. The zero-order valence-corrected chi connectivity index (χ0v) is 17.4. The van der Waals surface area contributed by atoms with Gasteiger partial charge in [-0.3, -0.25) is 14.2 Å². The Hall–Kier alpha value is -4.08. The van der Waals surface area contributed by atoms with E-state index in [2.05, 4.69) is 20.4 Å². The molecule has 0 unspecified atom stereocenters. The molecule has 3 aromatic heterocycles. The van der Waals surface area contributed by atoms with Crippen molar-refractivity contribution in [1.82, 2.24) is 29.6 Å².